The molecule has 0 bridgehead atoms. The molecule has 2 N–H and O–H groups in total. The highest BCUT2D eigenvalue weighted by Gasteiger charge is 2.23. The van der Waals surface area contributed by atoms with Gasteiger partial charge in [0, 0.05) is 30.6 Å². The highest BCUT2D eigenvalue weighted by Crippen LogP contribution is 2.33. The van der Waals surface area contributed by atoms with Crippen LogP contribution in [0.2, 0.25) is 0 Å². The molecule has 1 heterocycles. The van der Waals surface area contributed by atoms with Crippen LogP contribution in [0.4, 0.5) is 0 Å². The second-order valence-corrected chi connectivity index (χ2v) is 4.88. The maximum absolute atomic E-state index is 6.13. The van der Waals surface area contributed by atoms with Crippen molar-refractivity contribution in [2.24, 2.45) is 11.7 Å². The lowest BCUT2D eigenvalue weighted by Gasteiger charge is -2.23. The minimum atomic E-state index is -0.00699. The quantitative estimate of drug-likeness (QED) is 0.789. The predicted octanol–water partition coefficient (Wildman–Crippen LogP) is 2.68. The molecule has 0 aliphatic heterocycles. The van der Waals surface area contributed by atoms with Crippen LogP contribution < -0.4 is 5.73 Å². The molecule has 3 heteroatoms. The van der Waals surface area contributed by atoms with Gasteiger partial charge in [0.05, 0.1) is 6.10 Å². The van der Waals surface area contributed by atoms with E-state index in [0.717, 1.165) is 24.5 Å². The van der Waals surface area contributed by atoms with Crippen LogP contribution in [0.5, 0.6) is 0 Å². The molecule has 0 radical (unpaired) electrons. The largest absolute Gasteiger partial charge is 0.372 e. The minimum absolute atomic E-state index is 0.00699. The molecule has 2 rings (SSSR count). The molecule has 94 valence electrons. The van der Waals surface area contributed by atoms with Gasteiger partial charge in [-0.05, 0) is 24.8 Å². The third-order valence-electron chi connectivity index (χ3n) is 3.39. The van der Waals surface area contributed by atoms with Gasteiger partial charge >= 0.3 is 0 Å². The zero-order chi connectivity index (χ0) is 12.1. The Balaban J connectivity index is 1.92. The fraction of sp³-hybridized carbons (Fsp3) is 0.643. The summed E-state index contributed by atoms with van der Waals surface area (Å²) in [6.07, 6.45) is 8.48. The standard InChI is InChI=1S/C14H22N2O/c1-2-13(15)14(12-4-3-8-16-10-12)17-9-7-11-5-6-11/h3-4,8,10-11,13-14H,2,5-7,9,15H2,1H3. The van der Waals surface area contributed by atoms with Gasteiger partial charge in [-0.25, -0.2) is 0 Å². The number of nitrogens with two attached hydrogens (primary N) is 1. The molecule has 0 amide bonds. The maximum atomic E-state index is 6.13. The second kappa shape index (κ2) is 6.12. The first-order chi connectivity index (χ1) is 8.31. The summed E-state index contributed by atoms with van der Waals surface area (Å²) in [5.74, 6) is 0.905. The number of aromatic nitrogens is 1. The van der Waals surface area contributed by atoms with Crippen LogP contribution in [0.25, 0.3) is 0 Å². The summed E-state index contributed by atoms with van der Waals surface area (Å²) in [7, 11) is 0. The van der Waals surface area contributed by atoms with Gasteiger partial charge in [-0.3, -0.25) is 4.98 Å². The lowest BCUT2D eigenvalue weighted by molar-refractivity contribution is 0.0298. The van der Waals surface area contributed by atoms with E-state index in [0.29, 0.717) is 0 Å². The zero-order valence-electron chi connectivity index (χ0n) is 10.5. The van der Waals surface area contributed by atoms with Crippen LogP contribution in [0.3, 0.4) is 0 Å². The fourth-order valence-corrected chi connectivity index (χ4v) is 1.99. The monoisotopic (exact) mass is 234 g/mol. The number of rotatable bonds is 7. The smallest absolute Gasteiger partial charge is 0.0990 e. The van der Waals surface area contributed by atoms with E-state index in [1.165, 1.54) is 19.3 Å². The third-order valence-corrected chi connectivity index (χ3v) is 3.39. The van der Waals surface area contributed by atoms with Crippen molar-refractivity contribution in [2.45, 2.75) is 44.8 Å². The van der Waals surface area contributed by atoms with Gasteiger partial charge in [-0.2, -0.15) is 0 Å². The number of hydrogen-bond acceptors (Lipinski definition) is 3. The first-order valence-corrected chi connectivity index (χ1v) is 6.58. The lowest BCUT2D eigenvalue weighted by Crippen LogP contribution is -2.30. The maximum Gasteiger partial charge on any atom is 0.0990 e. The van der Waals surface area contributed by atoms with E-state index in [4.69, 9.17) is 10.5 Å². The average molecular weight is 234 g/mol. The van der Waals surface area contributed by atoms with Crippen molar-refractivity contribution >= 4 is 0 Å². The fourth-order valence-electron chi connectivity index (χ4n) is 1.99. The molecule has 1 fully saturated rings. The van der Waals surface area contributed by atoms with Crippen molar-refractivity contribution in [2.75, 3.05) is 6.61 Å². The van der Waals surface area contributed by atoms with Crippen LogP contribution in [0, 0.1) is 5.92 Å². The average Bonchev–Trinajstić information content (AvgIpc) is 3.19. The van der Waals surface area contributed by atoms with Gasteiger partial charge in [-0.15, -0.1) is 0 Å². The summed E-state index contributed by atoms with van der Waals surface area (Å²) in [5.41, 5.74) is 7.22. The highest BCUT2D eigenvalue weighted by atomic mass is 16.5. The van der Waals surface area contributed by atoms with E-state index >= 15 is 0 Å². The van der Waals surface area contributed by atoms with Crippen molar-refractivity contribution in [3.63, 3.8) is 0 Å². The molecule has 2 atom stereocenters. The van der Waals surface area contributed by atoms with Crippen LogP contribution in [0.15, 0.2) is 24.5 Å². The van der Waals surface area contributed by atoms with Crippen LogP contribution in [-0.4, -0.2) is 17.6 Å². The van der Waals surface area contributed by atoms with Crippen molar-refractivity contribution in [1.29, 1.82) is 0 Å². The van der Waals surface area contributed by atoms with E-state index in [-0.39, 0.29) is 12.1 Å². The Bertz CT molecular complexity index is 324. The summed E-state index contributed by atoms with van der Waals surface area (Å²) >= 11 is 0. The third kappa shape index (κ3) is 3.79. The molecule has 1 aliphatic carbocycles. The van der Waals surface area contributed by atoms with E-state index in [9.17, 15) is 0 Å². The number of pyridine rings is 1. The predicted molar refractivity (Wildman–Crippen MR) is 68.5 cm³/mol. The highest BCUT2D eigenvalue weighted by molar-refractivity contribution is 5.14. The van der Waals surface area contributed by atoms with Crippen molar-refractivity contribution in [3.05, 3.63) is 30.1 Å². The molecule has 3 nitrogen and oxygen atoms in total. The first kappa shape index (κ1) is 12.5. The molecule has 0 saturated heterocycles. The van der Waals surface area contributed by atoms with Crippen molar-refractivity contribution < 1.29 is 4.74 Å². The van der Waals surface area contributed by atoms with Gasteiger partial charge in [0.2, 0.25) is 0 Å². The Morgan fingerprint density at radius 1 is 1.53 bits per heavy atom. The Morgan fingerprint density at radius 2 is 2.35 bits per heavy atom. The molecule has 17 heavy (non-hydrogen) atoms. The molecular formula is C14H22N2O. The Labute approximate surface area is 103 Å². The summed E-state index contributed by atoms with van der Waals surface area (Å²) in [6.45, 7) is 2.91. The summed E-state index contributed by atoms with van der Waals surface area (Å²) in [5, 5.41) is 0. The van der Waals surface area contributed by atoms with Crippen LogP contribution >= 0.6 is 0 Å². The van der Waals surface area contributed by atoms with Crippen LogP contribution in [0.1, 0.15) is 44.3 Å². The van der Waals surface area contributed by atoms with E-state index in [1.54, 1.807) is 6.20 Å². The normalized spacial score (nSPS) is 18.9. The SMILES string of the molecule is CCC(N)C(OCCC1CC1)c1cccnc1. The Hall–Kier alpha value is -0.930. The lowest BCUT2D eigenvalue weighted by atomic mass is 10.0. The molecule has 1 aromatic rings. The molecule has 1 aliphatic rings. The number of nitrogens with zero attached hydrogens (tertiary/aromatic N) is 1. The van der Waals surface area contributed by atoms with E-state index in [2.05, 4.69) is 11.9 Å². The second-order valence-electron chi connectivity index (χ2n) is 4.88. The number of ether oxygens (including phenoxy) is 1. The minimum Gasteiger partial charge on any atom is -0.372 e. The Kier molecular flexibility index (Phi) is 4.51. The van der Waals surface area contributed by atoms with E-state index < -0.39 is 0 Å². The molecular weight excluding hydrogens is 212 g/mol. The van der Waals surface area contributed by atoms with Crippen molar-refractivity contribution in [1.82, 2.24) is 4.98 Å². The Morgan fingerprint density at radius 3 is 2.94 bits per heavy atom. The molecule has 1 saturated carbocycles. The van der Waals surface area contributed by atoms with Gasteiger partial charge < -0.3 is 10.5 Å². The molecule has 0 spiro atoms. The van der Waals surface area contributed by atoms with Gasteiger partial charge in [-0.1, -0.05) is 25.8 Å². The van der Waals surface area contributed by atoms with Crippen LogP contribution in [-0.2, 0) is 4.74 Å². The van der Waals surface area contributed by atoms with Gasteiger partial charge in [0.25, 0.3) is 0 Å². The molecule has 1 aromatic heterocycles. The molecule has 0 aromatic carbocycles. The van der Waals surface area contributed by atoms with Crippen molar-refractivity contribution in [3.8, 4) is 0 Å². The number of hydrogen-bond donors (Lipinski definition) is 1. The van der Waals surface area contributed by atoms with E-state index in [1.807, 2.05) is 18.3 Å². The van der Waals surface area contributed by atoms with Gasteiger partial charge in [0.15, 0.2) is 0 Å². The summed E-state index contributed by atoms with van der Waals surface area (Å²) in [6, 6.07) is 4.04. The first-order valence-electron chi connectivity index (χ1n) is 6.58. The van der Waals surface area contributed by atoms with Gasteiger partial charge in [0.1, 0.15) is 0 Å². The molecule has 2 unspecified atom stereocenters. The zero-order valence-corrected chi connectivity index (χ0v) is 10.5. The topological polar surface area (TPSA) is 48.1 Å². The summed E-state index contributed by atoms with van der Waals surface area (Å²) in [4.78, 5) is 4.14. The summed E-state index contributed by atoms with van der Waals surface area (Å²) < 4.78 is 5.97.